The molecule has 2 aromatic rings. The van der Waals surface area contributed by atoms with Gasteiger partial charge in [0.25, 0.3) is 0 Å². The monoisotopic (exact) mass is 364 g/mol. The predicted molar refractivity (Wildman–Crippen MR) is 99.5 cm³/mol. The Morgan fingerprint density at radius 1 is 1.04 bits per heavy atom. The molecule has 0 aliphatic heterocycles. The average molecular weight is 364 g/mol. The lowest BCUT2D eigenvalue weighted by atomic mass is 10.3. The van der Waals surface area contributed by atoms with Crippen molar-refractivity contribution in [2.45, 2.75) is 26.7 Å². The number of nitrogens with zero attached hydrogens (tertiary/aromatic N) is 3. The van der Waals surface area contributed by atoms with Crippen molar-refractivity contribution in [1.82, 2.24) is 19.7 Å². The summed E-state index contributed by atoms with van der Waals surface area (Å²) in [6.07, 6.45) is 4.68. The van der Waals surface area contributed by atoms with Gasteiger partial charge >= 0.3 is 0 Å². The molecule has 0 amide bonds. The SMILES string of the molecule is CCCCS(=O)(=O)NCCNc1cc(Nc2cc(C)ccn2)ncn1. The largest absolute Gasteiger partial charge is 0.369 e. The van der Waals surface area contributed by atoms with E-state index in [1.807, 2.05) is 26.0 Å². The summed E-state index contributed by atoms with van der Waals surface area (Å²) >= 11 is 0. The fourth-order valence-corrected chi connectivity index (χ4v) is 3.29. The number of aryl methyl sites for hydroxylation is 1. The van der Waals surface area contributed by atoms with Crippen LogP contribution in [0, 0.1) is 6.92 Å². The summed E-state index contributed by atoms with van der Waals surface area (Å²) in [6, 6.07) is 5.58. The summed E-state index contributed by atoms with van der Waals surface area (Å²) in [6.45, 7) is 4.69. The van der Waals surface area contributed by atoms with Gasteiger partial charge in [-0.15, -0.1) is 0 Å². The molecular weight excluding hydrogens is 340 g/mol. The Hall–Kier alpha value is -2.26. The summed E-state index contributed by atoms with van der Waals surface area (Å²) in [7, 11) is -3.19. The molecule has 0 radical (unpaired) electrons. The van der Waals surface area contributed by atoms with Crippen LogP contribution in [-0.2, 0) is 10.0 Å². The van der Waals surface area contributed by atoms with E-state index < -0.39 is 10.0 Å². The lowest BCUT2D eigenvalue weighted by Gasteiger charge is -2.09. The van der Waals surface area contributed by atoms with Gasteiger partial charge in [0.1, 0.15) is 23.8 Å². The van der Waals surface area contributed by atoms with Crippen LogP contribution in [0.25, 0.3) is 0 Å². The third kappa shape index (κ3) is 7.02. The molecule has 3 N–H and O–H groups in total. The van der Waals surface area contributed by atoms with E-state index in [0.717, 1.165) is 12.0 Å². The Balaban J connectivity index is 1.83. The van der Waals surface area contributed by atoms with Crippen LogP contribution >= 0.6 is 0 Å². The van der Waals surface area contributed by atoms with Gasteiger partial charge in [-0.25, -0.2) is 28.1 Å². The van der Waals surface area contributed by atoms with E-state index in [9.17, 15) is 8.42 Å². The maximum atomic E-state index is 11.7. The maximum absolute atomic E-state index is 11.7. The molecule has 8 nitrogen and oxygen atoms in total. The van der Waals surface area contributed by atoms with E-state index in [-0.39, 0.29) is 5.75 Å². The van der Waals surface area contributed by atoms with Crippen LogP contribution in [0.5, 0.6) is 0 Å². The van der Waals surface area contributed by atoms with Crippen LogP contribution in [0.1, 0.15) is 25.3 Å². The number of pyridine rings is 1. The number of sulfonamides is 1. The Morgan fingerprint density at radius 3 is 2.56 bits per heavy atom. The molecule has 0 saturated carbocycles. The summed E-state index contributed by atoms with van der Waals surface area (Å²) in [5, 5.41) is 6.18. The Kier molecular flexibility index (Phi) is 7.08. The van der Waals surface area contributed by atoms with Gasteiger partial charge < -0.3 is 10.6 Å². The second-order valence-electron chi connectivity index (χ2n) is 5.63. The molecule has 2 heterocycles. The molecule has 0 atom stereocenters. The lowest BCUT2D eigenvalue weighted by molar-refractivity contribution is 0.579. The topological polar surface area (TPSA) is 109 Å². The predicted octanol–water partition coefficient (Wildman–Crippen LogP) is 2.06. The van der Waals surface area contributed by atoms with Crippen LogP contribution in [0.4, 0.5) is 17.5 Å². The molecule has 0 aromatic carbocycles. The number of nitrogens with one attached hydrogen (secondary N) is 3. The highest BCUT2D eigenvalue weighted by molar-refractivity contribution is 7.89. The number of aromatic nitrogens is 3. The summed E-state index contributed by atoms with van der Waals surface area (Å²) in [5.41, 5.74) is 1.10. The van der Waals surface area contributed by atoms with Crippen LogP contribution in [0.2, 0.25) is 0 Å². The highest BCUT2D eigenvalue weighted by Gasteiger charge is 2.08. The van der Waals surface area contributed by atoms with E-state index in [2.05, 4.69) is 30.3 Å². The van der Waals surface area contributed by atoms with Gasteiger partial charge in [0, 0.05) is 25.4 Å². The molecular formula is C16H24N6O2S. The number of unbranched alkanes of at least 4 members (excludes halogenated alkanes) is 1. The minimum absolute atomic E-state index is 0.161. The summed E-state index contributed by atoms with van der Waals surface area (Å²) in [5.74, 6) is 2.08. The molecule has 0 fully saturated rings. The van der Waals surface area contributed by atoms with Crippen molar-refractivity contribution in [3.05, 3.63) is 36.3 Å². The standard InChI is InChI=1S/C16H24N6O2S/c1-3-4-9-25(23,24)21-8-7-18-14-11-16(20-12-19-14)22-15-10-13(2)5-6-17-15/h5-6,10-12,21H,3-4,7-9H2,1-2H3,(H2,17,18,19,20,22). The first-order valence-electron chi connectivity index (χ1n) is 8.21. The van der Waals surface area contributed by atoms with Crippen molar-refractivity contribution < 1.29 is 8.42 Å². The van der Waals surface area contributed by atoms with Gasteiger partial charge in [0.2, 0.25) is 10.0 Å². The molecule has 0 bridgehead atoms. The Morgan fingerprint density at radius 2 is 1.80 bits per heavy atom. The van der Waals surface area contributed by atoms with Crippen molar-refractivity contribution in [3.8, 4) is 0 Å². The van der Waals surface area contributed by atoms with Gasteiger partial charge in [-0.3, -0.25) is 0 Å². The summed E-state index contributed by atoms with van der Waals surface area (Å²) < 4.78 is 26.0. The van der Waals surface area contributed by atoms with Gasteiger partial charge in [0.05, 0.1) is 5.75 Å². The molecule has 0 spiro atoms. The normalized spacial score (nSPS) is 11.3. The van der Waals surface area contributed by atoms with Crippen LogP contribution in [0.3, 0.4) is 0 Å². The molecule has 2 aromatic heterocycles. The number of hydrogen-bond donors (Lipinski definition) is 3. The van der Waals surface area contributed by atoms with E-state index in [1.165, 1.54) is 6.33 Å². The van der Waals surface area contributed by atoms with Gasteiger partial charge in [-0.2, -0.15) is 0 Å². The molecule has 0 saturated heterocycles. The zero-order valence-electron chi connectivity index (χ0n) is 14.5. The Bertz CT molecular complexity index is 782. The second kappa shape index (κ2) is 9.28. The lowest BCUT2D eigenvalue weighted by Crippen LogP contribution is -2.30. The van der Waals surface area contributed by atoms with E-state index >= 15 is 0 Å². The van der Waals surface area contributed by atoms with Crippen LogP contribution in [0.15, 0.2) is 30.7 Å². The molecule has 9 heteroatoms. The number of rotatable bonds is 10. The van der Waals surface area contributed by atoms with E-state index in [4.69, 9.17) is 0 Å². The zero-order chi connectivity index (χ0) is 18.1. The van der Waals surface area contributed by atoms with Crippen molar-refractivity contribution >= 4 is 27.5 Å². The van der Waals surface area contributed by atoms with Crippen LogP contribution in [-0.4, -0.2) is 42.2 Å². The third-order valence-corrected chi connectivity index (χ3v) is 4.83. The molecule has 2 rings (SSSR count). The summed E-state index contributed by atoms with van der Waals surface area (Å²) in [4.78, 5) is 12.5. The van der Waals surface area contributed by atoms with E-state index in [0.29, 0.717) is 37.0 Å². The quantitative estimate of drug-likeness (QED) is 0.554. The first-order chi connectivity index (χ1) is 12.0. The van der Waals surface area contributed by atoms with Crippen molar-refractivity contribution in [2.24, 2.45) is 0 Å². The second-order valence-corrected chi connectivity index (χ2v) is 7.55. The van der Waals surface area contributed by atoms with Crippen molar-refractivity contribution in [3.63, 3.8) is 0 Å². The molecule has 25 heavy (non-hydrogen) atoms. The number of anilines is 3. The number of hydrogen-bond acceptors (Lipinski definition) is 7. The van der Waals surface area contributed by atoms with Crippen LogP contribution < -0.4 is 15.4 Å². The maximum Gasteiger partial charge on any atom is 0.211 e. The minimum atomic E-state index is -3.19. The molecule has 136 valence electrons. The smallest absolute Gasteiger partial charge is 0.211 e. The highest BCUT2D eigenvalue weighted by Crippen LogP contribution is 2.14. The van der Waals surface area contributed by atoms with Gasteiger partial charge in [-0.05, 0) is 31.0 Å². The fraction of sp³-hybridized carbons (Fsp3) is 0.438. The first kappa shape index (κ1) is 19.1. The highest BCUT2D eigenvalue weighted by atomic mass is 32.2. The van der Waals surface area contributed by atoms with Gasteiger partial charge in [-0.1, -0.05) is 13.3 Å². The third-order valence-electron chi connectivity index (χ3n) is 3.36. The molecule has 0 aliphatic rings. The van der Waals surface area contributed by atoms with E-state index in [1.54, 1.807) is 12.3 Å². The average Bonchev–Trinajstić information content (AvgIpc) is 2.57. The zero-order valence-corrected chi connectivity index (χ0v) is 15.3. The van der Waals surface area contributed by atoms with Gasteiger partial charge in [0.15, 0.2) is 0 Å². The minimum Gasteiger partial charge on any atom is -0.369 e. The fourth-order valence-electron chi connectivity index (χ4n) is 2.06. The Labute approximate surface area is 148 Å². The van der Waals surface area contributed by atoms with Crippen molar-refractivity contribution in [2.75, 3.05) is 29.5 Å². The van der Waals surface area contributed by atoms with Crippen molar-refractivity contribution in [1.29, 1.82) is 0 Å². The molecule has 0 unspecified atom stereocenters. The molecule has 0 aliphatic carbocycles. The first-order valence-corrected chi connectivity index (χ1v) is 9.86.